The van der Waals surface area contributed by atoms with Gasteiger partial charge in [-0.2, -0.15) is 13.2 Å². The van der Waals surface area contributed by atoms with Gasteiger partial charge in [0, 0.05) is 31.8 Å². The fraction of sp³-hybridized carbons (Fsp3) is 0.500. The molecule has 0 spiro atoms. The largest absolute Gasteiger partial charge is 0.437 e. The monoisotopic (exact) mass is 338 g/mol. The van der Waals surface area contributed by atoms with Gasteiger partial charge in [0.2, 0.25) is 5.91 Å². The van der Waals surface area contributed by atoms with Crippen LogP contribution in [-0.2, 0) is 11.2 Å². The Morgan fingerprint density at radius 3 is 2.59 bits per heavy atom. The molecule has 1 aromatic heterocycles. The lowest BCUT2D eigenvalue weighted by molar-refractivity contribution is -0.166. The summed E-state index contributed by atoms with van der Waals surface area (Å²) in [5.74, 6) is -1.36. The van der Waals surface area contributed by atoms with Gasteiger partial charge in [-0.05, 0) is 6.07 Å². The minimum Gasteiger partial charge on any atom is -0.345 e. The van der Waals surface area contributed by atoms with Crippen LogP contribution >= 0.6 is 11.6 Å². The van der Waals surface area contributed by atoms with Gasteiger partial charge in [0.25, 0.3) is 5.66 Å². The van der Waals surface area contributed by atoms with Crippen LogP contribution in [0.3, 0.4) is 0 Å². The van der Waals surface area contributed by atoms with Gasteiger partial charge in [-0.3, -0.25) is 4.79 Å². The van der Waals surface area contributed by atoms with Crippen LogP contribution in [0.15, 0.2) is 22.5 Å². The Kier molecular flexibility index (Phi) is 4.37. The molecule has 1 aromatic rings. The molecule has 0 bridgehead atoms. The fourth-order valence-corrected chi connectivity index (χ4v) is 1.93. The SMILES string of the molecule is CN(CCC1(C(F)(F)F)N=N1)C(=O)Cc1ccnc(Cl)c1F. The summed E-state index contributed by atoms with van der Waals surface area (Å²) < 4.78 is 51.5. The lowest BCUT2D eigenvalue weighted by atomic mass is 10.1. The van der Waals surface area contributed by atoms with Crippen molar-refractivity contribution in [3.05, 3.63) is 28.8 Å². The lowest BCUT2D eigenvalue weighted by Crippen LogP contribution is -2.38. The molecule has 0 atom stereocenters. The van der Waals surface area contributed by atoms with Gasteiger partial charge in [0.1, 0.15) is 0 Å². The van der Waals surface area contributed by atoms with Gasteiger partial charge in [0.15, 0.2) is 11.0 Å². The molecule has 0 unspecified atom stereocenters. The summed E-state index contributed by atoms with van der Waals surface area (Å²) in [6.45, 7) is -0.203. The van der Waals surface area contributed by atoms with Crippen LogP contribution in [0.4, 0.5) is 17.6 Å². The maximum atomic E-state index is 13.6. The second kappa shape index (κ2) is 5.79. The van der Waals surface area contributed by atoms with Crippen LogP contribution in [0.5, 0.6) is 0 Å². The summed E-state index contributed by atoms with van der Waals surface area (Å²) in [4.78, 5) is 16.5. The molecule has 0 saturated carbocycles. The van der Waals surface area contributed by atoms with E-state index in [0.717, 1.165) is 4.90 Å². The summed E-state index contributed by atoms with van der Waals surface area (Å²) in [7, 11) is 1.33. The third-order valence-electron chi connectivity index (χ3n) is 3.29. The average Bonchev–Trinajstić information content (AvgIpc) is 3.22. The smallest absolute Gasteiger partial charge is 0.345 e. The van der Waals surface area contributed by atoms with Gasteiger partial charge in [-0.15, -0.1) is 10.2 Å². The Hall–Kier alpha value is -1.77. The molecule has 0 radical (unpaired) electrons. The molecule has 5 nitrogen and oxygen atoms in total. The first-order valence-corrected chi connectivity index (χ1v) is 6.58. The molecule has 1 aliphatic rings. The van der Waals surface area contributed by atoms with Gasteiger partial charge < -0.3 is 4.90 Å². The minimum absolute atomic E-state index is 0.0307. The van der Waals surface area contributed by atoms with E-state index in [1.165, 1.54) is 19.3 Å². The quantitative estimate of drug-likeness (QED) is 0.612. The van der Waals surface area contributed by atoms with Crippen molar-refractivity contribution in [3.8, 4) is 0 Å². The maximum Gasteiger partial charge on any atom is 0.437 e. The van der Waals surface area contributed by atoms with E-state index < -0.39 is 30.0 Å². The molecule has 1 aliphatic heterocycles. The number of halogens is 5. The number of carbonyl (C=O) groups excluding carboxylic acids is 1. The van der Waals surface area contributed by atoms with Crippen LogP contribution in [0.25, 0.3) is 0 Å². The van der Waals surface area contributed by atoms with Gasteiger partial charge in [-0.25, -0.2) is 9.37 Å². The fourth-order valence-electron chi connectivity index (χ4n) is 1.75. The second-order valence-electron chi connectivity index (χ2n) is 4.83. The van der Waals surface area contributed by atoms with E-state index in [2.05, 4.69) is 15.2 Å². The van der Waals surface area contributed by atoms with E-state index in [1.807, 2.05) is 0 Å². The molecule has 0 N–H and O–H groups in total. The lowest BCUT2D eigenvalue weighted by Gasteiger charge is -2.20. The van der Waals surface area contributed by atoms with Gasteiger partial charge in [-0.1, -0.05) is 11.6 Å². The Morgan fingerprint density at radius 2 is 2.05 bits per heavy atom. The number of alkyl halides is 3. The summed E-state index contributed by atoms with van der Waals surface area (Å²) in [6, 6.07) is 1.29. The number of hydrogen-bond donors (Lipinski definition) is 0. The number of nitrogens with zero attached hydrogens (tertiary/aromatic N) is 4. The normalized spacial score (nSPS) is 15.7. The number of rotatable bonds is 5. The second-order valence-corrected chi connectivity index (χ2v) is 5.19. The Morgan fingerprint density at radius 1 is 1.41 bits per heavy atom. The molecule has 0 aliphatic carbocycles. The molecule has 2 rings (SSSR count). The van der Waals surface area contributed by atoms with E-state index in [0.29, 0.717) is 0 Å². The van der Waals surface area contributed by atoms with Crippen LogP contribution in [0.2, 0.25) is 5.15 Å². The number of carbonyl (C=O) groups is 1. The average molecular weight is 339 g/mol. The van der Waals surface area contributed by atoms with Crippen molar-refractivity contribution in [2.75, 3.05) is 13.6 Å². The summed E-state index contributed by atoms with van der Waals surface area (Å²) in [5.41, 5.74) is -2.37. The maximum absolute atomic E-state index is 13.6. The molecule has 0 fully saturated rings. The highest BCUT2D eigenvalue weighted by molar-refractivity contribution is 6.29. The summed E-state index contributed by atoms with van der Waals surface area (Å²) in [6.07, 6.45) is -4.10. The number of hydrogen-bond acceptors (Lipinski definition) is 4. The van der Waals surface area contributed by atoms with Crippen molar-refractivity contribution in [1.29, 1.82) is 0 Å². The predicted molar refractivity (Wildman–Crippen MR) is 68.8 cm³/mol. The molecule has 22 heavy (non-hydrogen) atoms. The van der Waals surface area contributed by atoms with Crippen molar-refractivity contribution in [3.63, 3.8) is 0 Å². The van der Waals surface area contributed by atoms with E-state index in [-0.39, 0.29) is 23.7 Å². The predicted octanol–water partition coefficient (Wildman–Crippen LogP) is 2.99. The summed E-state index contributed by atoms with van der Waals surface area (Å²) >= 11 is 5.50. The molecule has 0 aromatic carbocycles. The molecule has 1 amide bonds. The third kappa shape index (κ3) is 3.34. The van der Waals surface area contributed by atoms with Crippen LogP contribution in [0.1, 0.15) is 12.0 Å². The highest BCUT2D eigenvalue weighted by atomic mass is 35.5. The Labute approximate surface area is 128 Å². The zero-order valence-corrected chi connectivity index (χ0v) is 12.1. The van der Waals surface area contributed by atoms with Crippen molar-refractivity contribution in [2.24, 2.45) is 10.2 Å². The zero-order valence-electron chi connectivity index (χ0n) is 11.4. The molecule has 2 heterocycles. The standard InChI is InChI=1S/C12H11ClF4N4O/c1-21(5-3-11(19-20-11)12(15,16)17)8(22)6-7-2-4-18-10(13)9(7)14/h2,4H,3,5-6H2,1H3. The first-order valence-electron chi connectivity index (χ1n) is 6.20. The number of likely N-dealkylation sites (N-methyl/N-ethyl adjacent to an activating group) is 1. The number of pyridine rings is 1. The van der Waals surface area contributed by atoms with Gasteiger partial charge >= 0.3 is 6.18 Å². The van der Waals surface area contributed by atoms with Crippen molar-refractivity contribution in [2.45, 2.75) is 24.7 Å². The van der Waals surface area contributed by atoms with Gasteiger partial charge in [0.05, 0.1) is 6.42 Å². The van der Waals surface area contributed by atoms with Crippen molar-refractivity contribution in [1.82, 2.24) is 9.88 Å². The minimum atomic E-state index is -4.57. The highest BCUT2D eigenvalue weighted by Crippen LogP contribution is 2.46. The van der Waals surface area contributed by atoms with Crippen LogP contribution < -0.4 is 0 Å². The molecular formula is C12H11ClF4N4O. The molecular weight excluding hydrogens is 328 g/mol. The van der Waals surface area contributed by atoms with Crippen LogP contribution in [0, 0.1) is 5.82 Å². The first kappa shape index (κ1) is 16.6. The number of amides is 1. The first-order chi connectivity index (χ1) is 10.2. The number of aromatic nitrogens is 1. The Bertz CT molecular complexity index is 614. The van der Waals surface area contributed by atoms with E-state index in [1.54, 1.807) is 0 Å². The zero-order chi connectivity index (χ0) is 16.5. The van der Waals surface area contributed by atoms with Crippen molar-refractivity contribution >= 4 is 17.5 Å². The van der Waals surface area contributed by atoms with Crippen molar-refractivity contribution < 1.29 is 22.4 Å². The summed E-state index contributed by atoms with van der Waals surface area (Å²) in [5, 5.41) is 5.68. The molecule has 0 saturated heterocycles. The molecule has 10 heteroatoms. The van der Waals surface area contributed by atoms with E-state index in [9.17, 15) is 22.4 Å². The molecule has 120 valence electrons. The van der Waals surface area contributed by atoms with E-state index in [4.69, 9.17) is 11.6 Å². The third-order valence-corrected chi connectivity index (χ3v) is 3.55. The highest BCUT2D eigenvalue weighted by Gasteiger charge is 2.63. The van der Waals surface area contributed by atoms with E-state index >= 15 is 0 Å². The topological polar surface area (TPSA) is 57.9 Å². The van der Waals surface area contributed by atoms with Crippen LogP contribution in [-0.4, -0.2) is 41.2 Å². The Balaban J connectivity index is 1.92.